The van der Waals surface area contributed by atoms with Crippen molar-refractivity contribution in [1.82, 2.24) is 10.6 Å². The fourth-order valence-corrected chi connectivity index (χ4v) is 4.99. The first-order valence-electron chi connectivity index (χ1n) is 13.9. The van der Waals surface area contributed by atoms with Gasteiger partial charge >= 0.3 is 12.0 Å². The van der Waals surface area contributed by atoms with E-state index in [2.05, 4.69) is 71.5 Å². The summed E-state index contributed by atoms with van der Waals surface area (Å²) in [5.74, 6) is -0.877. The predicted octanol–water partition coefficient (Wildman–Crippen LogP) is 6.82. The van der Waals surface area contributed by atoms with Crippen molar-refractivity contribution in [2.75, 3.05) is 24.2 Å². The van der Waals surface area contributed by atoms with Gasteiger partial charge in [0.2, 0.25) is 5.91 Å². The minimum absolute atomic E-state index is 0.0421. The van der Waals surface area contributed by atoms with Crippen molar-refractivity contribution < 1.29 is 24.6 Å². The van der Waals surface area contributed by atoms with Crippen LogP contribution in [0.15, 0.2) is 66.8 Å². The molecule has 0 heterocycles. The highest BCUT2D eigenvalue weighted by atomic mass is 32.2. The van der Waals surface area contributed by atoms with E-state index in [-0.39, 0.29) is 36.0 Å². The lowest BCUT2D eigenvalue weighted by Gasteiger charge is -2.29. The molecule has 0 unspecified atom stereocenters. The third-order valence-electron chi connectivity index (χ3n) is 6.12. The predicted molar refractivity (Wildman–Crippen MR) is 166 cm³/mol. The number of aromatic carboxylic acids is 1. The molecule has 9 heteroatoms. The Bertz CT molecular complexity index is 1050. The van der Waals surface area contributed by atoms with Gasteiger partial charge in [-0.2, -0.15) is 0 Å². The molecule has 0 atom stereocenters. The number of amides is 3. The summed E-state index contributed by atoms with van der Waals surface area (Å²) in [5.41, 5.74) is -0.0719. The zero-order chi connectivity index (χ0) is 29.6. The highest BCUT2D eigenvalue weighted by Gasteiger charge is 2.34. The van der Waals surface area contributed by atoms with Crippen molar-refractivity contribution in [3.8, 4) is 5.75 Å². The number of allylic oxidation sites excluding steroid dienone is 8. The van der Waals surface area contributed by atoms with E-state index < -0.39 is 16.7 Å². The number of thioether (sulfide) groups is 1. The van der Waals surface area contributed by atoms with Gasteiger partial charge in [0.05, 0.1) is 4.75 Å². The molecule has 0 aliphatic carbocycles. The number of carboxylic acid groups (broad SMARTS) is 1. The first-order chi connectivity index (χ1) is 19.3. The number of aromatic hydroxyl groups is 1. The van der Waals surface area contributed by atoms with E-state index in [0.29, 0.717) is 12.8 Å². The third kappa shape index (κ3) is 13.6. The van der Waals surface area contributed by atoms with Crippen molar-refractivity contribution in [2.24, 2.45) is 0 Å². The number of carboxylic acids is 1. The molecule has 0 aliphatic heterocycles. The lowest BCUT2D eigenvalue weighted by molar-refractivity contribution is -0.123. The lowest BCUT2D eigenvalue weighted by atomic mass is 10.0. The number of anilines is 1. The summed E-state index contributed by atoms with van der Waals surface area (Å²) in [5, 5.41) is 26.7. The number of hydrogen-bond donors (Lipinski definition) is 5. The van der Waals surface area contributed by atoms with Crippen LogP contribution >= 0.6 is 11.8 Å². The molecule has 220 valence electrons. The number of nitrogens with one attached hydrogen (secondary N) is 3. The van der Waals surface area contributed by atoms with E-state index in [1.165, 1.54) is 18.2 Å². The first kappa shape index (κ1) is 34.6. The van der Waals surface area contributed by atoms with Crippen LogP contribution in [0.3, 0.4) is 0 Å². The van der Waals surface area contributed by atoms with E-state index in [1.54, 1.807) is 11.8 Å². The lowest BCUT2D eigenvalue weighted by Crippen LogP contribution is -2.46. The van der Waals surface area contributed by atoms with E-state index in [0.717, 1.165) is 37.9 Å². The zero-order valence-electron chi connectivity index (χ0n) is 23.9. The third-order valence-corrected chi connectivity index (χ3v) is 7.87. The Morgan fingerprint density at radius 3 is 2.00 bits per heavy atom. The highest BCUT2D eigenvalue weighted by Crippen LogP contribution is 2.33. The average Bonchev–Trinajstić information content (AvgIpc) is 2.94. The van der Waals surface area contributed by atoms with Crippen LogP contribution in [0.1, 0.15) is 76.1 Å². The minimum Gasteiger partial charge on any atom is -0.507 e. The first-order valence-corrected chi connectivity index (χ1v) is 14.9. The monoisotopic (exact) mass is 571 g/mol. The van der Waals surface area contributed by atoms with E-state index in [4.69, 9.17) is 5.11 Å². The van der Waals surface area contributed by atoms with Crippen LogP contribution in [-0.2, 0) is 4.79 Å². The fourth-order valence-electron chi connectivity index (χ4n) is 3.73. The molecular formula is C31H45N3O5S. The number of rotatable bonds is 19. The molecule has 0 fully saturated rings. The Labute approximate surface area is 243 Å². The van der Waals surface area contributed by atoms with E-state index in [9.17, 15) is 19.5 Å². The largest absolute Gasteiger partial charge is 0.507 e. The summed E-state index contributed by atoms with van der Waals surface area (Å²) < 4.78 is -0.520. The Kier molecular flexibility index (Phi) is 17.7. The van der Waals surface area contributed by atoms with Crippen molar-refractivity contribution in [1.29, 1.82) is 0 Å². The molecule has 5 N–H and O–H groups in total. The summed E-state index contributed by atoms with van der Waals surface area (Å²) >= 11 is 1.67. The van der Waals surface area contributed by atoms with E-state index >= 15 is 0 Å². The maximum atomic E-state index is 13.0. The van der Waals surface area contributed by atoms with Gasteiger partial charge in [0.25, 0.3) is 0 Å². The average molecular weight is 572 g/mol. The maximum absolute atomic E-state index is 13.0. The highest BCUT2D eigenvalue weighted by molar-refractivity contribution is 8.01. The van der Waals surface area contributed by atoms with Crippen LogP contribution < -0.4 is 16.0 Å². The summed E-state index contributed by atoms with van der Waals surface area (Å²) in [6.07, 6.45) is 23.6. The quantitative estimate of drug-likeness (QED) is 0.0705. The van der Waals surface area contributed by atoms with Crippen LogP contribution in [0.5, 0.6) is 5.75 Å². The van der Waals surface area contributed by atoms with Crippen molar-refractivity contribution >= 4 is 35.4 Å². The molecule has 0 aliphatic rings. The van der Waals surface area contributed by atoms with Gasteiger partial charge < -0.3 is 26.2 Å². The van der Waals surface area contributed by atoms with Gasteiger partial charge in [0.15, 0.2) is 0 Å². The summed E-state index contributed by atoms with van der Waals surface area (Å²) in [7, 11) is 0. The van der Waals surface area contributed by atoms with Gasteiger partial charge in [0, 0.05) is 18.8 Å². The van der Waals surface area contributed by atoms with Crippen LogP contribution in [0.4, 0.5) is 10.5 Å². The van der Waals surface area contributed by atoms with Crippen LogP contribution in [0, 0.1) is 0 Å². The fraction of sp³-hybridized carbons (Fsp3) is 0.452. The summed E-state index contributed by atoms with van der Waals surface area (Å²) in [4.78, 5) is 36.2. The van der Waals surface area contributed by atoms with Gasteiger partial charge in [-0.1, -0.05) is 69.4 Å². The molecule has 1 aromatic rings. The zero-order valence-corrected chi connectivity index (χ0v) is 24.8. The van der Waals surface area contributed by atoms with E-state index in [1.807, 2.05) is 13.8 Å². The molecule has 3 amide bonds. The van der Waals surface area contributed by atoms with Crippen molar-refractivity contribution in [2.45, 2.75) is 70.5 Å². The van der Waals surface area contributed by atoms with Crippen molar-refractivity contribution in [3.05, 3.63) is 72.4 Å². The van der Waals surface area contributed by atoms with Gasteiger partial charge in [-0.3, -0.25) is 4.79 Å². The molecule has 0 saturated carbocycles. The molecule has 1 rings (SSSR count). The normalized spacial score (nSPS) is 12.1. The van der Waals surface area contributed by atoms with Crippen LogP contribution in [0.25, 0.3) is 0 Å². The SMILES string of the molecule is CCC=CCC=CCC=CCC=CCCSC(CC)(CC)C(=O)NCCNC(=O)Nc1ccc(O)c(C(=O)O)c1. The summed E-state index contributed by atoms with van der Waals surface area (Å²) in [6.45, 7) is 6.63. The maximum Gasteiger partial charge on any atom is 0.339 e. The Morgan fingerprint density at radius 2 is 1.43 bits per heavy atom. The Balaban J connectivity index is 2.35. The topological polar surface area (TPSA) is 128 Å². The van der Waals surface area contributed by atoms with Gasteiger partial charge in [-0.05, 0) is 68.9 Å². The second-order valence-corrected chi connectivity index (χ2v) is 10.5. The molecular weight excluding hydrogens is 526 g/mol. The van der Waals surface area contributed by atoms with Gasteiger partial charge in [-0.25, -0.2) is 9.59 Å². The minimum atomic E-state index is -1.30. The molecule has 0 bridgehead atoms. The second kappa shape index (κ2) is 20.4. The summed E-state index contributed by atoms with van der Waals surface area (Å²) in [6, 6.07) is 3.23. The number of benzene rings is 1. The Hall–Kier alpha value is -3.46. The molecule has 0 aromatic heterocycles. The molecule has 1 aromatic carbocycles. The molecule has 40 heavy (non-hydrogen) atoms. The van der Waals surface area contributed by atoms with Crippen LogP contribution in [-0.4, -0.2) is 51.7 Å². The van der Waals surface area contributed by atoms with Gasteiger partial charge in [-0.15, -0.1) is 11.8 Å². The number of hydrogen-bond acceptors (Lipinski definition) is 5. The smallest absolute Gasteiger partial charge is 0.339 e. The number of urea groups is 1. The number of carbonyl (C=O) groups is 3. The molecule has 0 radical (unpaired) electrons. The van der Waals surface area contributed by atoms with Gasteiger partial charge in [0.1, 0.15) is 11.3 Å². The number of carbonyl (C=O) groups excluding carboxylic acids is 2. The molecule has 0 spiro atoms. The van der Waals surface area contributed by atoms with Crippen LogP contribution in [0.2, 0.25) is 0 Å². The van der Waals surface area contributed by atoms with Crippen molar-refractivity contribution in [3.63, 3.8) is 0 Å². The second-order valence-electron chi connectivity index (χ2n) is 9.01. The Morgan fingerprint density at radius 1 is 0.850 bits per heavy atom. The molecule has 8 nitrogen and oxygen atoms in total. The molecule has 0 saturated heterocycles. The standard InChI is InChI=1S/C31H45N3O5S/c1-4-7-8-9-10-11-12-13-14-15-16-17-18-23-40-31(5-2,6-3)29(38)32-21-22-33-30(39)34-25-19-20-27(35)26(24-25)28(36)37/h7-8,10-11,13-14,16-17,19-20,24,35H,4-6,9,12,15,18,21-23H2,1-3H3,(H,32,38)(H,36,37)(H2,33,34,39). The number of phenols is 1.